The van der Waals surface area contributed by atoms with E-state index < -0.39 is 0 Å². The molecule has 0 fully saturated rings. The molecule has 1 heterocycles. The number of hydrogen-bond donors (Lipinski definition) is 3. The minimum absolute atomic E-state index is 0.259. The second kappa shape index (κ2) is 11.8. The van der Waals surface area contributed by atoms with Gasteiger partial charge in [-0.15, -0.1) is 0 Å². The monoisotopic (exact) mass is 518 g/mol. The van der Waals surface area contributed by atoms with Crippen molar-refractivity contribution in [2.75, 3.05) is 24.9 Å². The Morgan fingerprint density at radius 3 is 2.21 bits per heavy atom. The Hall–Kier alpha value is -3.14. The van der Waals surface area contributed by atoms with Crippen LogP contribution in [0.25, 0.3) is 0 Å². The number of nitrogens with zero attached hydrogens (tertiary/aromatic N) is 3. The van der Waals surface area contributed by atoms with Crippen molar-refractivity contribution in [2.45, 2.75) is 20.4 Å². The Morgan fingerprint density at radius 2 is 1.59 bits per heavy atom. The zero-order valence-electron chi connectivity index (χ0n) is 19.1. The number of aromatic nitrogens is 2. The van der Waals surface area contributed by atoms with Gasteiger partial charge in [0.05, 0.1) is 31.5 Å². The molecule has 0 amide bonds. The standard InChI is InChI=1S/C23H24Cl2N6O2S/c1-13-9-14(2)28-22(27-13)30-21(26-12-15-5-7-16(24)8-6-15)31-23(34)29-18-11-19(32-3)17(25)10-20(18)33-4/h5-11H,12H2,1-4H3,(H3,26,27,28,29,30,31,34). The summed E-state index contributed by atoms with van der Waals surface area (Å²) in [5, 5.41) is 10.6. The quantitative estimate of drug-likeness (QED) is 0.227. The number of aryl methyl sites for hydroxylation is 2. The molecule has 1 aromatic heterocycles. The zero-order valence-corrected chi connectivity index (χ0v) is 21.4. The third-order valence-corrected chi connectivity index (χ3v) is 5.25. The van der Waals surface area contributed by atoms with E-state index in [-0.39, 0.29) is 5.11 Å². The molecular formula is C23H24Cl2N6O2S. The van der Waals surface area contributed by atoms with Crippen LogP contribution in [0.2, 0.25) is 10.0 Å². The molecule has 0 saturated heterocycles. The predicted octanol–water partition coefficient (Wildman–Crippen LogP) is 5.37. The van der Waals surface area contributed by atoms with E-state index in [0.717, 1.165) is 17.0 Å². The number of guanidine groups is 1. The molecule has 2 aromatic carbocycles. The lowest BCUT2D eigenvalue weighted by Crippen LogP contribution is -2.39. The molecule has 0 spiro atoms. The van der Waals surface area contributed by atoms with E-state index in [0.29, 0.717) is 45.7 Å². The van der Waals surface area contributed by atoms with Crippen molar-refractivity contribution in [1.82, 2.24) is 15.3 Å². The van der Waals surface area contributed by atoms with Crippen LogP contribution in [0.1, 0.15) is 17.0 Å². The van der Waals surface area contributed by atoms with E-state index in [4.69, 9.17) is 44.9 Å². The van der Waals surface area contributed by atoms with Crippen LogP contribution in [0.5, 0.6) is 11.5 Å². The molecule has 3 aromatic rings. The summed E-state index contributed by atoms with van der Waals surface area (Å²) in [6.45, 7) is 4.16. The highest BCUT2D eigenvalue weighted by Crippen LogP contribution is 2.35. The first-order chi connectivity index (χ1) is 16.3. The molecule has 0 aliphatic rings. The Balaban J connectivity index is 1.83. The van der Waals surface area contributed by atoms with Gasteiger partial charge in [0, 0.05) is 28.5 Å². The van der Waals surface area contributed by atoms with Crippen molar-refractivity contribution >= 4 is 58.1 Å². The molecule has 0 radical (unpaired) electrons. The SMILES string of the molecule is COc1cc(NC(=S)NC(=NCc2ccc(Cl)cc2)Nc2nc(C)cc(C)n2)c(OC)cc1Cl. The first-order valence-corrected chi connectivity index (χ1v) is 11.3. The summed E-state index contributed by atoms with van der Waals surface area (Å²) in [5.74, 6) is 1.73. The summed E-state index contributed by atoms with van der Waals surface area (Å²) >= 11 is 17.7. The van der Waals surface area contributed by atoms with E-state index in [1.807, 2.05) is 44.2 Å². The second-order valence-electron chi connectivity index (χ2n) is 7.16. The fraction of sp³-hybridized carbons (Fsp3) is 0.217. The van der Waals surface area contributed by atoms with Gasteiger partial charge in [0.25, 0.3) is 0 Å². The van der Waals surface area contributed by atoms with Gasteiger partial charge >= 0.3 is 0 Å². The highest BCUT2D eigenvalue weighted by atomic mass is 35.5. The highest BCUT2D eigenvalue weighted by molar-refractivity contribution is 7.80. The summed E-state index contributed by atoms with van der Waals surface area (Å²) in [7, 11) is 3.07. The first-order valence-electron chi connectivity index (χ1n) is 10.1. The third kappa shape index (κ3) is 7.18. The molecule has 0 bridgehead atoms. The molecule has 0 aliphatic heterocycles. The maximum absolute atomic E-state index is 6.19. The normalized spacial score (nSPS) is 11.1. The molecule has 178 valence electrons. The zero-order chi connectivity index (χ0) is 24.7. The number of aliphatic imine (C=N–C) groups is 1. The molecule has 3 rings (SSSR count). The Bertz CT molecular complexity index is 1180. The number of halogens is 2. The van der Waals surface area contributed by atoms with E-state index in [1.54, 1.807) is 12.1 Å². The van der Waals surface area contributed by atoms with Gasteiger partial charge in [-0.05, 0) is 49.8 Å². The molecule has 8 nitrogen and oxygen atoms in total. The first kappa shape index (κ1) is 25.5. The number of benzene rings is 2. The van der Waals surface area contributed by atoms with Gasteiger partial charge in [-0.3, -0.25) is 5.32 Å². The molecule has 0 aliphatic carbocycles. The van der Waals surface area contributed by atoms with Crippen molar-refractivity contribution in [3.05, 3.63) is 69.5 Å². The Morgan fingerprint density at radius 1 is 0.941 bits per heavy atom. The number of methoxy groups -OCH3 is 2. The molecule has 0 saturated carbocycles. The fourth-order valence-corrected chi connectivity index (χ4v) is 3.54. The van der Waals surface area contributed by atoms with E-state index in [1.165, 1.54) is 14.2 Å². The van der Waals surface area contributed by atoms with Gasteiger partial charge in [0.1, 0.15) is 11.5 Å². The van der Waals surface area contributed by atoms with Crippen LogP contribution in [-0.4, -0.2) is 35.3 Å². The maximum atomic E-state index is 6.19. The predicted molar refractivity (Wildman–Crippen MR) is 142 cm³/mol. The molecule has 0 atom stereocenters. The Kier molecular flexibility index (Phi) is 8.86. The van der Waals surface area contributed by atoms with Gasteiger partial charge in [-0.25, -0.2) is 15.0 Å². The minimum Gasteiger partial charge on any atom is -0.495 e. The van der Waals surface area contributed by atoms with Crippen LogP contribution in [0.15, 0.2) is 47.5 Å². The summed E-state index contributed by atoms with van der Waals surface area (Å²) in [5.41, 5.74) is 3.19. The van der Waals surface area contributed by atoms with Gasteiger partial charge in [0.15, 0.2) is 5.11 Å². The van der Waals surface area contributed by atoms with Crippen LogP contribution in [-0.2, 0) is 6.54 Å². The summed E-state index contributed by atoms with van der Waals surface area (Å²) in [4.78, 5) is 13.4. The molecule has 34 heavy (non-hydrogen) atoms. The molecule has 11 heteroatoms. The lowest BCUT2D eigenvalue weighted by atomic mass is 10.2. The molecule has 0 unspecified atom stereocenters. The van der Waals surface area contributed by atoms with Gasteiger partial charge in [-0.2, -0.15) is 0 Å². The Labute approximate surface area is 213 Å². The average molecular weight is 519 g/mol. The van der Waals surface area contributed by atoms with Crippen molar-refractivity contribution < 1.29 is 9.47 Å². The summed E-state index contributed by atoms with van der Waals surface area (Å²) in [6.07, 6.45) is 0. The smallest absolute Gasteiger partial charge is 0.229 e. The average Bonchev–Trinajstić information content (AvgIpc) is 2.78. The number of thiocarbonyl (C=S) groups is 1. The topological polar surface area (TPSA) is 92.7 Å². The molecular weight excluding hydrogens is 495 g/mol. The van der Waals surface area contributed by atoms with Crippen LogP contribution < -0.4 is 25.4 Å². The second-order valence-corrected chi connectivity index (χ2v) is 8.41. The minimum atomic E-state index is 0.259. The van der Waals surface area contributed by atoms with Crippen LogP contribution in [0, 0.1) is 13.8 Å². The molecule has 3 N–H and O–H groups in total. The lowest BCUT2D eigenvalue weighted by molar-refractivity contribution is 0.405. The largest absolute Gasteiger partial charge is 0.495 e. The number of ether oxygens (including phenoxy) is 2. The third-order valence-electron chi connectivity index (χ3n) is 4.50. The van der Waals surface area contributed by atoms with Crippen molar-refractivity contribution in [3.63, 3.8) is 0 Å². The van der Waals surface area contributed by atoms with Crippen molar-refractivity contribution in [2.24, 2.45) is 4.99 Å². The number of anilines is 2. The van der Waals surface area contributed by atoms with Gasteiger partial charge in [-0.1, -0.05) is 35.3 Å². The van der Waals surface area contributed by atoms with Crippen LogP contribution >= 0.6 is 35.4 Å². The number of hydrogen-bond acceptors (Lipinski definition) is 6. The van der Waals surface area contributed by atoms with Crippen molar-refractivity contribution in [3.8, 4) is 11.5 Å². The van der Waals surface area contributed by atoms with E-state index in [9.17, 15) is 0 Å². The van der Waals surface area contributed by atoms with Crippen LogP contribution in [0.3, 0.4) is 0 Å². The number of nitrogens with one attached hydrogen (secondary N) is 3. The van der Waals surface area contributed by atoms with Gasteiger partial charge < -0.3 is 20.1 Å². The van der Waals surface area contributed by atoms with E-state index in [2.05, 4.69) is 30.9 Å². The van der Waals surface area contributed by atoms with E-state index >= 15 is 0 Å². The van der Waals surface area contributed by atoms with Crippen molar-refractivity contribution in [1.29, 1.82) is 0 Å². The maximum Gasteiger partial charge on any atom is 0.229 e. The highest BCUT2D eigenvalue weighted by Gasteiger charge is 2.13. The fourth-order valence-electron chi connectivity index (χ4n) is 2.98. The summed E-state index contributed by atoms with van der Waals surface area (Å²) in [6, 6.07) is 12.6. The number of rotatable bonds is 6. The van der Waals surface area contributed by atoms with Gasteiger partial charge in [0.2, 0.25) is 11.9 Å². The summed E-state index contributed by atoms with van der Waals surface area (Å²) < 4.78 is 10.7. The lowest BCUT2D eigenvalue weighted by Gasteiger charge is -2.17. The van der Waals surface area contributed by atoms with Crippen LogP contribution in [0.4, 0.5) is 11.6 Å².